The van der Waals surface area contributed by atoms with Crippen LogP contribution in [0.2, 0.25) is 0 Å². The Morgan fingerprint density at radius 3 is 2.15 bits per heavy atom. The van der Waals surface area contributed by atoms with Crippen molar-refractivity contribution in [1.82, 2.24) is 4.57 Å². The van der Waals surface area contributed by atoms with E-state index in [4.69, 9.17) is 6.42 Å². The van der Waals surface area contributed by atoms with Crippen molar-refractivity contribution in [3.8, 4) is 18.0 Å². The van der Waals surface area contributed by atoms with Gasteiger partial charge in [0.05, 0.1) is 22.4 Å². The molecule has 290 valence electrons. The van der Waals surface area contributed by atoms with E-state index >= 15 is 0 Å². The van der Waals surface area contributed by atoms with Gasteiger partial charge in [0.2, 0.25) is 0 Å². The summed E-state index contributed by atoms with van der Waals surface area (Å²) in [6.45, 7) is 2.22. The Kier molecular flexibility index (Phi) is 9.10. The highest BCUT2D eigenvalue weighted by molar-refractivity contribution is 6.10. The lowest BCUT2D eigenvalue weighted by Crippen LogP contribution is -2.25. The van der Waals surface area contributed by atoms with Gasteiger partial charge in [-0.05, 0) is 113 Å². The number of benzene rings is 7. The smallest absolute Gasteiger partial charge is 0.0541 e. The zero-order chi connectivity index (χ0) is 40.9. The van der Waals surface area contributed by atoms with Crippen LogP contribution in [0.15, 0.2) is 234 Å². The van der Waals surface area contributed by atoms with Crippen LogP contribution in [-0.4, -0.2) is 4.57 Å². The molecular formula is C59H44N2. The van der Waals surface area contributed by atoms with Gasteiger partial charge in [-0.1, -0.05) is 163 Å². The minimum absolute atomic E-state index is 0.235. The van der Waals surface area contributed by atoms with E-state index in [-0.39, 0.29) is 11.8 Å². The molecule has 0 saturated heterocycles. The van der Waals surface area contributed by atoms with Crippen LogP contribution in [0, 0.1) is 18.3 Å². The normalized spacial score (nSPS) is 17.5. The first-order valence-electron chi connectivity index (χ1n) is 21.4. The van der Waals surface area contributed by atoms with E-state index in [1.54, 1.807) is 6.08 Å². The van der Waals surface area contributed by atoms with E-state index < -0.39 is 0 Å². The summed E-state index contributed by atoms with van der Waals surface area (Å²) in [6, 6.07) is 55.9. The van der Waals surface area contributed by atoms with E-state index in [9.17, 15) is 0 Å². The lowest BCUT2D eigenvalue weighted by atomic mass is 9.64. The Balaban J connectivity index is 1.08. The van der Waals surface area contributed by atoms with Crippen molar-refractivity contribution in [2.45, 2.75) is 25.7 Å². The standard InChI is InChI=1S/C59H44N2/c1-3-4-5-19-40(2)58-49-29-10-12-31-51(49)59(52-32-13-11-30-50(52)58)43-36-37-57-53(38-43)48-28-14-15-33-56(48)61(57)45-25-18-24-44(39-45)60(54-34-16-22-41-20-6-8-26-46(41)54)55-35-17-23-42-21-7-9-27-47(42)55/h1,4-12,14-31,33-39,51,59H,13,32H2,2H3/b5-4-,40-19+. The first kappa shape index (κ1) is 36.5. The predicted octanol–water partition coefficient (Wildman–Crippen LogP) is 15.5. The van der Waals surface area contributed by atoms with Crippen LogP contribution in [0.1, 0.15) is 31.2 Å². The Labute approximate surface area is 357 Å². The van der Waals surface area contributed by atoms with Crippen molar-refractivity contribution < 1.29 is 0 Å². The van der Waals surface area contributed by atoms with E-state index in [2.05, 4.69) is 217 Å². The van der Waals surface area contributed by atoms with E-state index in [0.717, 1.165) is 35.6 Å². The maximum Gasteiger partial charge on any atom is 0.0541 e. The van der Waals surface area contributed by atoms with Gasteiger partial charge in [0.1, 0.15) is 0 Å². The van der Waals surface area contributed by atoms with Gasteiger partial charge < -0.3 is 9.47 Å². The summed E-state index contributed by atoms with van der Waals surface area (Å²) in [4.78, 5) is 2.45. The van der Waals surface area contributed by atoms with Crippen molar-refractivity contribution >= 4 is 60.4 Å². The SMILES string of the molecule is C#C/C=C\C=C(/C)C1=C2C=CC=CC2C(c2ccc3c(c2)c2ccccc2n3-c2cccc(N(c3cccc4ccccc34)c3cccc4ccccc34)c2)C2=C1C=CCC2. The summed E-state index contributed by atoms with van der Waals surface area (Å²) in [5, 5.41) is 7.38. The molecule has 0 radical (unpaired) electrons. The zero-order valence-electron chi connectivity index (χ0n) is 34.2. The first-order valence-corrected chi connectivity index (χ1v) is 21.4. The van der Waals surface area contributed by atoms with E-state index in [1.165, 1.54) is 76.8 Å². The van der Waals surface area contributed by atoms with Gasteiger partial charge in [-0.25, -0.2) is 0 Å². The van der Waals surface area contributed by atoms with Crippen LogP contribution < -0.4 is 4.90 Å². The molecule has 0 amide bonds. The average molecular weight is 781 g/mol. The predicted molar refractivity (Wildman–Crippen MR) is 259 cm³/mol. The van der Waals surface area contributed by atoms with Gasteiger partial charge in [-0.2, -0.15) is 0 Å². The Morgan fingerprint density at radius 2 is 1.38 bits per heavy atom. The molecule has 61 heavy (non-hydrogen) atoms. The maximum absolute atomic E-state index is 5.57. The number of para-hydroxylation sites is 1. The largest absolute Gasteiger partial charge is 0.309 e. The molecule has 2 nitrogen and oxygen atoms in total. The molecule has 0 N–H and O–H groups in total. The summed E-state index contributed by atoms with van der Waals surface area (Å²) in [5.41, 5.74) is 15.1. The lowest BCUT2D eigenvalue weighted by molar-refractivity contribution is 0.599. The second-order valence-electron chi connectivity index (χ2n) is 16.3. The zero-order valence-corrected chi connectivity index (χ0v) is 34.2. The number of terminal acetylenes is 1. The van der Waals surface area contributed by atoms with E-state index in [0.29, 0.717) is 0 Å². The molecule has 1 aromatic heterocycles. The second kappa shape index (κ2) is 15.2. The fourth-order valence-corrected chi connectivity index (χ4v) is 10.3. The topological polar surface area (TPSA) is 8.17 Å². The third-order valence-corrected chi connectivity index (χ3v) is 12.9. The summed E-state index contributed by atoms with van der Waals surface area (Å²) in [5.74, 6) is 3.12. The Morgan fingerprint density at radius 1 is 0.689 bits per heavy atom. The maximum atomic E-state index is 5.57. The fourth-order valence-electron chi connectivity index (χ4n) is 10.3. The summed E-state index contributed by atoms with van der Waals surface area (Å²) in [7, 11) is 0. The monoisotopic (exact) mass is 780 g/mol. The number of allylic oxidation sites excluding steroid dienone is 14. The van der Waals surface area contributed by atoms with Crippen molar-refractivity contribution in [2.75, 3.05) is 4.90 Å². The van der Waals surface area contributed by atoms with Crippen LogP contribution in [-0.2, 0) is 0 Å². The number of hydrogen-bond donors (Lipinski definition) is 0. The number of nitrogens with zero attached hydrogens (tertiary/aromatic N) is 2. The number of rotatable bonds is 7. The Hall–Kier alpha value is -7.60. The molecule has 8 aromatic rings. The second-order valence-corrected chi connectivity index (χ2v) is 16.3. The molecule has 1 heterocycles. The van der Waals surface area contributed by atoms with Crippen molar-refractivity contribution in [3.05, 3.63) is 240 Å². The number of anilines is 3. The summed E-state index contributed by atoms with van der Waals surface area (Å²) < 4.78 is 2.46. The fraction of sp³-hybridized carbons (Fsp3) is 0.0847. The lowest BCUT2D eigenvalue weighted by Gasteiger charge is -2.39. The molecule has 11 rings (SSSR count). The van der Waals surface area contributed by atoms with Crippen molar-refractivity contribution in [2.24, 2.45) is 5.92 Å². The highest BCUT2D eigenvalue weighted by Gasteiger charge is 2.37. The number of aromatic nitrogens is 1. The summed E-state index contributed by atoms with van der Waals surface area (Å²) >= 11 is 0. The van der Waals surface area contributed by atoms with Crippen LogP contribution in [0.4, 0.5) is 17.1 Å². The van der Waals surface area contributed by atoms with Crippen molar-refractivity contribution in [3.63, 3.8) is 0 Å². The van der Waals surface area contributed by atoms with Gasteiger partial charge in [0.15, 0.2) is 0 Å². The minimum Gasteiger partial charge on any atom is -0.309 e. The van der Waals surface area contributed by atoms with Crippen LogP contribution >= 0.6 is 0 Å². The minimum atomic E-state index is 0.235. The van der Waals surface area contributed by atoms with Gasteiger partial charge in [0.25, 0.3) is 0 Å². The third kappa shape index (κ3) is 6.13. The summed E-state index contributed by atoms with van der Waals surface area (Å²) in [6.07, 6.45) is 27.5. The van der Waals surface area contributed by atoms with Crippen molar-refractivity contribution in [1.29, 1.82) is 0 Å². The molecule has 7 aromatic carbocycles. The molecule has 3 aliphatic rings. The first-order chi connectivity index (χ1) is 30.2. The highest BCUT2D eigenvalue weighted by atomic mass is 15.1. The molecule has 2 unspecified atom stereocenters. The molecule has 2 heteroatoms. The quantitative estimate of drug-likeness (QED) is 0.116. The molecule has 0 saturated carbocycles. The van der Waals surface area contributed by atoms with Gasteiger partial charge >= 0.3 is 0 Å². The Bertz CT molecular complexity index is 3260. The van der Waals surface area contributed by atoms with Crippen LogP contribution in [0.5, 0.6) is 0 Å². The third-order valence-electron chi connectivity index (χ3n) is 12.9. The molecular weight excluding hydrogens is 737 g/mol. The molecule has 3 aliphatic carbocycles. The highest BCUT2D eigenvalue weighted by Crippen LogP contribution is 2.52. The van der Waals surface area contributed by atoms with Gasteiger partial charge in [-0.3, -0.25) is 0 Å². The average Bonchev–Trinajstić information content (AvgIpc) is 3.65. The van der Waals surface area contributed by atoms with Crippen LogP contribution in [0.25, 0.3) is 49.0 Å². The molecule has 0 spiro atoms. The number of fused-ring (bicyclic) bond motifs is 6. The number of hydrogen-bond acceptors (Lipinski definition) is 1. The van der Waals surface area contributed by atoms with Crippen LogP contribution in [0.3, 0.4) is 0 Å². The molecule has 0 fully saturated rings. The van der Waals surface area contributed by atoms with Gasteiger partial charge in [-0.15, -0.1) is 6.42 Å². The van der Waals surface area contributed by atoms with Gasteiger partial charge in [0, 0.05) is 44.8 Å². The molecule has 2 atom stereocenters. The molecule has 0 aliphatic heterocycles. The van der Waals surface area contributed by atoms with E-state index in [1.807, 2.05) is 6.08 Å². The molecule has 0 bridgehead atoms.